The van der Waals surface area contributed by atoms with E-state index in [1.54, 1.807) is 18.2 Å². The fourth-order valence-electron chi connectivity index (χ4n) is 4.02. The van der Waals surface area contributed by atoms with Crippen molar-refractivity contribution in [3.05, 3.63) is 70.0 Å². The van der Waals surface area contributed by atoms with Gasteiger partial charge in [0.05, 0.1) is 17.1 Å². The average molecular weight is 440 g/mol. The number of nitrogens with zero attached hydrogens (tertiary/aromatic N) is 3. The lowest BCUT2D eigenvalue weighted by molar-refractivity contribution is 0.0792. The van der Waals surface area contributed by atoms with E-state index in [0.29, 0.717) is 16.3 Å². The minimum Gasteiger partial charge on any atom is -0.337 e. The van der Waals surface area contributed by atoms with Gasteiger partial charge in [-0.3, -0.25) is 4.79 Å². The van der Waals surface area contributed by atoms with Crippen molar-refractivity contribution in [3.63, 3.8) is 0 Å². The van der Waals surface area contributed by atoms with Crippen LogP contribution in [0.1, 0.15) is 33.1 Å². The van der Waals surface area contributed by atoms with Crippen LogP contribution in [-0.2, 0) is 23.1 Å². The molecule has 0 N–H and O–H groups in total. The second-order valence-electron chi connectivity index (χ2n) is 7.54. The number of hydrogen-bond donors (Lipinski definition) is 0. The van der Waals surface area contributed by atoms with E-state index in [1.807, 2.05) is 41.3 Å². The molecule has 0 radical (unpaired) electrons. The monoisotopic (exact) mass is 439 g/mol. The van der Waals surface area contributed by atoms with Gasteiger partial charge in [0.2, 0.25) is 10.0 Å². The topological polar surface area (TPSA) is 70.6 Å². The molecule has 8 heteroatoms. The predicted octanol–water partition coefficient (Wildman–Crippen LogP) is 3.75. The van der Waals surface area contributed by atoms with Crippen LogP contribution in [-0.4, -0.2) is 41.6 Å². The Hall–Kier alpha value is -2.55. The first kappa shape index (κ1) is 19.4. The molecule has 5 rings (SSSR count). The van der Waals surface area contributed by atoms with Gasteiger partial charge in [-0.15, -0.1) is 11.3 Å². The van der Waals surface area contributed by atoms with Crippen molar-refractivity contribution < 1.29 is 13.2 Å². The summed E-state index contributed by atoms with van der Waals surface area (Å²) in [6.07, 6.45) is 2.03. The zero-order valence-electron chi connectivity index (χ0n) is 16.3. The van der Waals surface area contributed by atoms with E-state index in [2.05, 4.69) is 4.98 Å². The Kier molecular flexibility index (Phi) is 4.92. The molecule has 0 atom stereocenters. The van der Waals surface area contributed by atoms with Crippen LogP contribution in [0.3, 0.4) is 0 Å². The number of rotatable bonds is 3. The van der Waals surface area contributed by atoms with Crippen molar-refractivity contribution in [1.29, 1.82) is 0 Å². The minimum atomic E-state index is -3.70. The number of aromatic nitrogens is 1. The number of amides is 1. The van der Waals surface area contributed by atoms with Crippen LogP contribution < -0.4 is 0 Å². The summed E-state index contributed by atoms with van der Waals surface area (Å²) in [6, 6.07) is 16.5. The highest BCUT2D eigenvalue weighted by Gasteiger charge is 2.35. The number of thiazole rings is 1. The van der Waals surface area contributed by atoms with Gasteiger partial charge in [-0.05, 0) is 24.5 Å². The van der Waals surface area contributed by atoms with Crippen LogP contribution >= 0.6 is 11.3 Å². The maximum atomic E-state index is 13.5. The van der Waals surface area contributed by atoms with E-state index in [9.17, 15) is 13.2 Å². The van der Waals surface area contributed by atoms with Gasteiger partial charge in [0.15, 0.2) is 5.01 Å². The molecular weight excluding hydrogens is 418 g/mol. The summed E-state index contributed by atoms with van der Waals surface area (Å²) in [5.74, 6) is -0.0551. The lowest BCUT2D eigenvalue weighted by Gasteiger charge is -2.20. The number of carbonyl (C=O) groups is 1. The van der Waals surface area contributed by atoms with Crippen molar-refractivity contribution in [3.8, 4) is 11.3 Å². The Morgan fingerprint density at radius 2 is 1.70 bits per heavy atom. The highest BCUT2D eigenvalue weighted by molar-refractivity contribution is 7.89. The second kappa shape index (κ2) is 7.61. The summed E-state index contributed by atoms with van der Waals surface area (Å²) >= 11 is 1.31. The molecule has 2 aliphatic heterocycles. The van der Waals surface area contributed by atoms with E-state index in [4.69, 9.17) is 0 Å². The van der Waals surface area contributed by atoms with E-state index >= 15 is 0 Å². The van der Waals surface area contributed by atoms with E-state index in [-0.39, 0.29) is 23.9 Å². The number of carbonyl (C=O) groups excluding carboxylic acids is 1. The Balaban J connectivity index is 1.60. The van der Waals surface area contributed by atoms with E-state index in [1.165, 1.54) is 15.6 Å². The van der Waals surface area contributed by atoms with Crippen LogP contribution in [0.25, 0.3) is 11.3 Å². The first-order chi connectivity index (χ1) is 14.5. The maximum absolute atomic E-state index is 13.5. The van der Waals surface area contributed by atoms with Gasteiger partial charge in [0.1, 0.15) is 0 Å². The SMILES string of the molecule is O=C(c1nc2c(s1)CN(Cc1ccccc1)S(=O)(=O)c1ccccc1-2)N1CCCC1. The van der Waals surface area contributed by atoms with Crippen LogP contribution in [0, 0.1) is 0 Å². The van der Waals surface area contributed by atoms with Crippen molar-refractivity contribution in [2.24, 2.45) is 0 Å². The van der Waals surface area contributed by atoms with Gasteiger partial charge in [0, 0.05) is 30.1 Å². The Morgan fingerprint density at radius 3 is 2.47 bits per heavy atom. The molecule has 3 aromatic rings. The van der Waals surface area contributed by atoms with Crippen LogP contribution in [0.5, 0.6) is 0 Å². The van der Waals surface area contributed by atoms with Crippen molar-refractivity contribution in [2.75, 3.05) is 13.1 Å². The summed E-state index contributed by atoms with van der Waals surface area (Å²) in [5, 5.41) is 0.440. The molecule has 1 aromatic heterocycles. The number of benzene rings is 2. The molecule has 0 saturated carbocycles. The first-order valence-electron chi connectivity index (χ1n) is 9.96. The van der Waals surface area contributed by atoms with Gasteiger partial charge >= 0.3 is 0 Å². The van der Waals surface area contributed by atoms with Gasteiger partial charge in [-0.1, -0.05) is 48.5 Å². The van der Waals surface area contributed by atoms with Gasteiger partial charge < -0.3 is 4.90 Å². The van der Waals surface area contributed by atoms with Crippen LogP contribution in [0.2, 0.25) is 0 Å². The van der Waals surface area contributed by atoms with Gasteiger partial charge in [-0.25, -0.2) is 13.4 Å². The highest BCUT2D eigenvalue weighted by Crippen LogP contribution is 2.39. The zero-order valence-corrected chi connectivity index (χ0v) is 18.0. The summed E-state index contributed by atoms with van der Waals surface area (Å²) in [6.45, 7) is 1.98. The molecule has 1 saturated heterocycles. The highest BCUT2D eigenvalue weighted by atomic mass is 32.2. The quantitative estimate of drug-likeness (QED) is 0.623. The summed E-state index contributed by atoms with van der Waals surface area (Å²) in [4.78, 5) is 20.4. The fourth-order valence-corrected chi connectivity index (χ4v) is 6.75. The Morgan fingerprint density at radius 1 is 1.00 bits per heavy atom. The zero-order chi connectivity index (χ0) is 20.7. The smallest absolute Gasteiger partial charge is 0.282 e. The van der Waals surface area contributed by atoms with Crippen LogP contribution in [0.15, 0.2) is 59.5 Å². The molecule has 3 heterocycles. The van der Waals surface area contributed by atoms with Gasteiger partial charge in [0.25, 0.3) is 5.91 Å². The molecule has 0 unspecified atom stereocenters. The summed E-state index contributed by atoms with van der Waals surface area (Å²) < 4.78 is 28.4. The lowest BCUT2D eigenvalue weighted by atomic mass is 10.1. The molecule has 1 amide bonds. The van der Waals surface area contributed by atoms with Crippen molar-refractivity contribution in [2.45, 2.75) is 30.8 Å². The maximum Gasteiger partial charge on any atom is 0.282 e. The Labute approximate surface area is 179 Å². The molecule has 154 valence electrons. The first-order valence-corrected chi connectivity index (χ1v) is 12.2. The summed E-state index contributed by atoms with van der Waals surface area (Å²) in [7, 11) is -3.70. The third-order valence-corrected chi connectivity index (χ3v) is 8.43. The third-order valence-electron chi connectivity index (χ3n) is 5.56. The minimum absolute atomic E-state index is 0.0551. The second-order valence-corrected chi connectivity index (χ2v) is 10.5. The van der Waals surface area contributed by atoms with E-state index in [0.717, 1.165) is 36.4 Å². The molecule has 1 fully saturated rings. The molecule has 2 aliphatic rings. The standard InChI is InChI=1S/C22H21N3O3S2/c26-22(24-12-6-7-13-24)21-23-20-17-10-4-5-11-19(17)30(27,28)25(15-18(20)29-21)14-16-8-2-1-3-9-16/h1-5,8-11H,6-7,12-15H2. The fraction of sp³-hybridized carbons (Fsp3) is 0.273. The molecule has 2 aromatic carbocycles. The number of sulfonamides is 1. The third kappa shape index (κ3) is 3.34. The van der Waals surface area contributed by atoms with Crippen LogP contribution in [0.4, 0.5) is 0 Å². The molecule has 0 spiro atoms. The summed E-state index contributed by atoms with van der Waals surface area (Å²) in [5.41, 5.74) is 2.09. The molecule has 30 heavy (non-hydrogen) atoms. The molecule has 0 aliphatic carbocycles. The van der Waals surface area contributed by atoms with Crippen molar-refractivity contribution >= 4 is 27.3 Å². The number of fused-ring (bicyclic) bond motifs is 3. The largest absolute Gasteiger partial charge is 0.337 e. The number of hydrogen-bond acceptors (Lipinski definition) is 5. The van der Waals surface area contributed by atoms with Crippen molar-refractivity contribution in [1.82, 2.24) is 14.2 Å². The Bertz CT molecular complexity index is 1200. The molecule has 0 bridgehead atoms. The number of likely N-dealkylation sites (tertiary alicyclic amines) is 1. The van der Waals surface area contributed by atoms with E-state index < -0.39 is 10.0 Å². The predicted molar refractivity (Wildman–Crippen MR) is 116 cm³/mol. The lowest BCUT2D eigenvalue weighted by Crippen LogP contribution is -2.29. The molecular formula is C22H21N3O3S2. The average Bonchev–Trinajstić information content (AvgIpc) is 3.42. The molecule has 6 nitrogen and oxygen atoms in total. The normalized spacial score (nSPS) is 17.9. The van der Waals surface area contributed by atoms with Gasteiger partial charge in [-0.2, -0.15) is 4.31 Å².